The van der Waals surface area contributed by atoms with Gasteiger partial charge in [-0.2, -0.15) is 0 Å². The normalized spacial score (nSPS) is 12.2. The van der Waals surface area contributed by atoms with Crippen LogP contribution in [0.15, 0.2) is 33.8 Å². The van der Waals surface area contributed by atoms with E-state index in [0.717, 1.165) is 5.39 Å². The minimum absolute atomic E-state index is 0.0303. The average Bonchev–Trinajstić information content (AvgIpc) is 2.62. The summed E-state index contributed by atoms with van der Waals surface area (Å²) in [7, 11) is 1.51. The second-order valence-electron chi connectivity index (χ2n) is 3.86. The molecule has 0 saturated carbocycles. The van der Waals surface area contributed by atoms with Gasteiger partial charge in [0, 0.05) is 22.8 Å². The third kappa shape index (κ3) is 2.56. The van der Waals surface area contributed by atoms with Crippen LogP contribution in [0.5, 0.6) is 5.75 Å². The highest BCUT2D eigenvalue weighted by molar-refractivity contribution is 8.13. The van der Waals surface area contributed by atoms with Crippen molar-refractivity contribution in [2.75, 3.05) is 0 Å². The van der Waals surface area contributed by atoms with Gasteiger partial charge in [0.05, 0.1) is 22.6 Å². The van der Waals surface area contributed by atoms with E-state index < -0.39 is 9.05 Å². The largest absolute Gasteiger partial charge is 0.490 e. The lowest BCUT2D eigenvalue weighted by Crippen LogP contribution is -2.06. The molecule has 2 aromatic rings. The van der Waals surface area contributed by atoms with Crippen LogP contribution >= 0.6 is 10.7 Å². The third-order valence-electron chi connectivity index (χ3n) is 2.15. The standard InChI is InChI=1S/C11H11ClO4S/c1-7(2)16-11-6-8(17(12,13)14)5-10-9(11)3-4-15-10/h3-7H,1-2H3. The van der Waals surface area contributed by atoms with Crippen LogP contribution in [0, 0.1) is 0 Å². The summed E-state index contributed by atoms with van der Waals surface area (Å²) in [5.41, 5.74) is 0.433. The highest BCUT2D eigenvalue weighted by Gasteiger charge is 2.16. The number of ether oxygens (including phenoxy) is 1. The number of fused-ring (bicyclic) bond motifs is 1. The Morgan fingerprint density at radius 3 is 2.65 bits per heavy atom. The number of furan rings is 1. The van der Waals surface area contributed by atoms with Crippen LogP contribution in [0.1, 0.15) is 13.8 Å². The summed E-state index contributed by atoms with van der Waals surface area (Å²) in [4.78, 5) is -0.0303. The fourth-order valence-corrected chi connectivity index (χ4v) is 2.27. The molecule has 92 valence electrons. The zero-order valence-electron chi connectivity index (χ0n) is 9.31. The van der Waals surface area contributed by atoms with Crippen molar-refractivity contribution < 1.29 is 17.6 Å². The molecule has 1 heterocycles. The van der Waals surface area contributed by atoms with Crippen LogP contribution in [-0.2, 0) is 9.05 Å². The number of hydrogen-bond acceptors (Lipinski definition) is 4. The first-order valence-electron chi connectivity index (χ1n) is 5.00. The lowest BCUT2D eigenvalue weighted by Gasteiger charge is -2.11. The van der Waals surface area contributed by atoms with Crippen molar-refractivity contribution >= 4 is 30.7 Å². The summed E-state index contributed by atoms with van der Waals surface area (Å²) in [5.74, 6) is 0.450. The predicted octanol–water partition coefficient (Wildman–Crippen LogP) is 3.15. The van der Waals surface area contributed by atoms with E-state index in [1.165, 1.54) is 18.4 Å². The van der Waals surface area contributed by atoms with Crippen molar-refractivity contribution in [2.45, 2.75) is 24.8 Å². The Labute approximate surface area is 104 Å². The summed E-state index contributed by atoms with van der Waals surface area (Å²) >= 11 is 0. The van der Waals surface area contributed by atoms with Gasteiger partial charge in [0.15, 0.2) is 0 Å². The Hall–Kier alpha value is -1.20. The fourth-order valence-electron chi connectivity index (χ4n) is 1.51. The van der Waals surface area contributed by atoms with Gasteiger partial charge in [-0.15, -0.1) is 0 Å². The van der Waals surface area contributed by atoms with E-state index in [0.29, 0.717) is 11.3 Å². The monoisotopic (exact) mass is 274 g/mol. The predicted molar refractivity (Wildman–Crippen MR) is 65.0 cm³/mol. The summed E-state index contributed by atoms with van der Waals surface area (Å²) in [5, 5.41) is 0.725. The highest BCUT2D eigenvalue weighted by Crippen LogP contribution is 2.32. The Bertz CT molecular complexity index is 643. The highest BCUT2D eigenvalue weighted by atomic mass is 35.7. The molecule has 0 aliphatic carbocycles. The topological polar surface area (TPSA) is 56.5 Å². The Kier molecular flexibility index (Phi) is 3.05. The molecule has 0 aliphatic rings. The number of hydrogen-bond donors (Lipinski definition) is 0. The molecule has 1 aromatic heterocycles. The average molecular weight is 275 g/mol. The molecule has 2 rings (SSSR count). The molecule has 0 aliphatic heterocycles. The molecule has 0 spiro atoms. The molecule has 0 N–H and O–H groups in total. The molecule has 0 unspecified atom stereocenters. The van der Waals surface area contributed by atoms with Gasteiger partial charge in [0.25, 0.3) is 9.05 Å². The van der Waals surface area contributed by atoms with Gasteiger partial charge in [-0.3, -0.25) is 0 Å². The minimum Gasteiger partial charge on any atom is -0.490 e. The van der Waals surface area contributed by atoms with Gasteiger partial charge in [0.2, 0.25) is 0 Å². The lowest BCUT2D eigenvalue weighted by atomic mass is 10.2. The first-order valence-corrected chi connectivity index (χ1v) is 7.31. The van der Waals surface area contributed by atoms with E-state index in [4.69, 9.17) is 19.8 Å². The maximum absolute atomic E-state index is 11.3. The van der Waals surface area contributed by atoms with E-state index in [2.05, 4.69) is 0 Å². The molecule has 0 atom stereocenters. The van der Waals surface area contributed by atoms with Gasteiger partial charge in [-0.25, -0.2) is 8.42 Å². The summed E-state index contributed by atoms with van der Waals surface area (Å²) in [6.45, 7) is 3.71. The Morgan fingerprint density at radius 2 is 2.06 bits per heavy atom. The van der Waals surface area contributed by atoms with Crippen LogP contribution in [0.2, 0.25) is 0 Å². The van der Waals surface area contributed by atoms with E-state index in [1.54, 1.807) is 6.07 Å². The Morgan fingerprint density at radius 1 is 1.35 bits per heavy atom. The molecular weight excluding hydrogens is 264 g/mol. The van der Waals surface area contributed by atoms with Crippen molar-refractivity contribution in [1.29, 1.82) is 0 Å². The van der Waals surface area contributed by atoms with Gasteiger partial charge < -0.3 is 9.15 Å². The second kappa shape index (κ2) is 4.23. The van der Waals surface area contributed by atoms with Gasteiger partial charge in [-0.05, 0) is 19.9 Å². The van der Waals surface area contributed by atoms with Gasteiger partial charge in [0.1, 0.15) is 11.3 Å². The van der Waals surface area contributed by atoms with Crippen molar-refractivity contribution in [2.24, 2.45) is 0 Å². The quantitative estimate of drug-likeness (QED) is 0.807. The second-order valence-corrected chi connectivity index (χ2v) is 6.42. The zero-order chi connectivity index (χ0) is 12.6. The number of rotatable bonds is 3. The first kappa shape index (κ1) is 12.3. The van der Waals surface area contributed by atoms with Crippen LogP contribution < -0.4 is 4.74 Å². The lowest BCUT2D eigenvalue weighted by molar-refractivity contribution is 0.245. The van der Waals surface area contributed by atoms with E-state index in [9.17, 15) is 8.42 Å². The summed E-state index contributed by atoms with van der Waals surface area (Å²) in [6.07, 6.45) is 1.41. The first-order chi connectivity index (χ1) is 7.88. The molecular formula is C11H11ClO4S. The molecule has 0 bridgehead atoms. The van der Waals surface area contributed by atoms with Crippen molar-refractivity contribution in [1.82, 2.24) is 0 Å². The number of benzene rings is 1. The van der Waals surface area contributed by atoms with Crippen molar-refractivity contribution in [3.63, 3.8) is 0 Å². The van der Waals surface area contributed by atoms with E-state index in [1.807, 2.05) is 13.8 Å². The van der Waals surface area contributed by atoms with Crippen molar-refractivity contribution in [3.05, 3.63) is 24.5 Å². The molecule has 1 aromatic carbocycles. The van der Waals surface area contributed by atoms with Gasteiger partial charge in [-0.1, -0.05) is 0 Å². The van der Waals surface area contributed by atoms with Crippen molar-refractivity contribution in [3.8, 4) is 5.75 Å². The van der Waals surface area contributed by atoms with Crippen LogP contribution in [-0.4, -0.2) is 14.5 Å². The number of halogens is 1. The van der Waals surface area contributed by atoms with Gasteiger partial charge >= 0.3 is 0 Å². The molecule has 0 saturated heterocycles. The molecule has 0 fully saturated rings. The molecule has 0 amide bonds. The summed E-state index contributed by atoms with van der Waals surface area (Å²) in [6, 6.07) is 4.50. The molecule has 0 radical (unpaired) electrons. The molecule has 4 nitrogen and oxygen atoms in total. The zero-order valence-corrected chi connectivity index (χ0v) is 10.9. The van der Waals surface area contributed by atoms with Crippen LogP contribution in [0.25, 0.3) is 11.0 Å². The molecule has 17 heavy (non-hydrogen) atoms. The molecule has 6 heteroatoms. The third-order valence-corrected chi connectivity index (χ3v) is 3.48. The fraction of sp³-hybridized carbons (Fsp3) is 0.273. The summed E-state index contributed by atoms with van der Waals surface area (Å²) < 4.78 is 33.3. The smallest absolute Gasteiger partial charge is 0.261 e. The van der Waals surface area contributed by atoms with Crippen LogP contribution in [0.4, 0.5) is 0 Å². The maximum Gasteiger partial charge on any atom is 0.261 e. The Balaban J connectivity index is 2.67. The SMILES string of the molecule is CC(C)Oc1cc(S(=O)(=O)Cl)cc2occc12. The van der Waals surface area contributed by atoms with Crippen LogP contribution in [0.3, 0.4) is 0 Å². The maximum atomic E-state index is 11.3. The van der Waals surface area contributed by atoms with E-state index in [-0.39, 0.29) is 11.0 Å². The van der Waals surface area contributed by atoms with E-state index >= 15 is 0 Å². The minimum atomic E-state index is -3.80.